The molecule has 5 heterocycles. The van der Waals surface area contributed by atoms with Gasteiger partial charge in [-0.25, -0.2) is 19.6 Å². The van der Waals surface area contributed by atoms with Crippen LogP contribution in [0.2, 0.25) is 0 Å². The van der Waals surface area contributed by atoms with E-state index in [1.165, 1.54) is 14.2 Å². The Bertz CT molecular complexity index is 1670. The third kappa shape index (κ3) is 4.65. The molecule has 11 heteroatoms. The zero-order valence-corrected chi connectivity index (χ0v) is 21.7. The molecule has 38 heavy (non-hydrogen) atoms. The summed E-state index contributed by atoms with van der Waals surface area (Å²) in [5.41, 5.74) is 5.07. The van der Waals surface area contributed by atoms with Gasteiger partial charge in [0.1, 0.15) is 6.61 Å². The number of ether oxygens (including phenoxy) is 3. The second kappa shape index (κ2) is 10.9. The average Bonchev–Trinajstić information content (AvgIpc) is 3.72. The van der Waals surface area contributed by atoms with Gasteiger partial charge in [0.15, 0.2) is 0 Å². The van der Waals surface area contributed by atoms with Gasteiger partial charge in [-0.2, -0.15) is 0 Å². The molecule has 0 radical (unpaired) electrons. The van der Waals surface area contributed by atoms with Crippen LogP contribution in [0.25, 0.3) is 46.4 Å². The van der Waals surface area contributed by atoms with Gasteiger partial charge in [-0.15, -0.1) is 22.1 Å². The fraction of sp³-hybridized carbons (Fsp3) is 0.148. The maximum atomic E-state index is 12.8. The van der Waals surface area contributed by atoms with Crippen LogP contribution < -0.4 is 9.97 Å². The number of esters is 2. The van der Waals surface area contributed by atoms with E-state index in [-0.39, 0.29) is 34.8 Å². The van der Waals surface area contributed by atoms with Crippen LogP contribution in [0.15, 0.2) is 24.3 Å². The molecule has 0 saturated carbocycles. The minimum Gasteiger partial charge on any atom is -0.657 e. The molecular formula is C27H20MnN4O6+. The molecule has 3 aromatic rings. The van der Waals surface area contributed by atoms with E-state index < -0.39 is 11.9 Å². The van der Waals surface area contributed by atoms with Crippen molar-refractivity contribution in [2.24, 2.45) is 0 Å². The summed E-state index contributed by atoms with van der Waals surface area (Å²) in [6, 6.07) is 6.82. The number of methoxy groups -OCH3 is 2. The Kier molecular flexibility index (Phi) is 7.61. The summed E-state index contributed by atoms with van der Waals surface area (Å²) in [5, 5.41) is 0. The molecule has 0 amide bonds. The Morgan fingerprint density at radius 3 is 1.82 bits per heavy atom. The third-order valence-electron chi connectivity index (χ3n) is 6.05. The normalized spacial score (nSPS) is 11.6. The van der Waals surface area contributed by atoms with E-state index in [4.69, 9.17) is 14.2 Å². The smallest absolute Gasteiger partial charge is 0.657 e. The van der Waals surface area contributed by atoms with Gasteiger partial charge in [-0.1, -0.05) is 24.3 Å². The number of rotatable bonds is 5. The monoisotopic (exact) mass is 551 g/mol. The van der Waals surface area contributed by atoms with Crippen LogP contribution >= 0.6 is 0 Å². The summed E-state index contributed by atoms with van der Waals surface area (Å²) in [4.78, 5) is 55.1. The molecule has 2 aliphatic rings. The van der Waals surface area contributed by atoms with Gasteiger partial charge in [-0.3, -0.25) is 4.79 Å². The maximum Gasteiger partial charge on any atom is 3.00 e. The van der Waals surface area contributed by atoms with Crippen molar-refractivity contribution in [1.82, 2.24) is 19.9 Å². The number of aryl methyl sites for hydroxylation is 1. The maximum absolute atomic E-state index is 12.8. The van der Waals surface area contributed by atoms with Gasteiger partial charge in [-0.05, 0) is 36.8 Å². The van der Waals surface area contributed by atoms with E-state index in [0.717, 1.165) is 5.56 Å². The number of fused-ring (bicyclic) bond motifs is 8. The van der Waals surface area contributed by atoms with Gasteiger partial charge in [0.05, 0.1) is 48.1 Å². The summed E-state index contributed by atoms with van der Waals surface area (Å²) < 4.78 is 15.1. The molecule has 0 N–H and O–H groups in total. The summed E-state index contributed by atoms with van der Waals surface area (Å²) >= 11 is 0. The van der Waals surface area contributed by atoms with E-state index in [0.29, 0.717) is 56.9 Å². The SMILES string of the molecule is COC(=O)c1c2nc(c(COC=O)c3ccc([n-]3)c(C(=O)OC)c3nc(c(C)c4ccc1[n-]4)C=C3)C=C2.[Mn+3]. The van der Waals surface area contributed by atoms with Crippen LogP contribution in [0.5, 0.6) is 0 Å². The molecule has 0 fully saturated rings. The van der Waals surface area contributed by atoms with Crippen LogP contribution in [0.3, 0.4) is 0 Å². The minimum atomic E-state index is -0.599. The van der Waals surface area contributed by atoms with Crippen LogP contribution in [0.4, 0.5) is 0 Å². The fourth-order valence-corrected chi connectivity index (χ4v) is 4.17. The van der Waals surface area contributed by atoms with Crippen LogP contribution in [0, 0.1) is 6.92 Å². The van der Waals surface area contributed by atoms with Crippen LogP contribution in [0.1, 0.15) is 54.6 Å². The molecule has 190 valence electrons. The second-order valence-electron chi connectivity index (χ2n) is 8.11. The van der Waals surface area contributed by atoms with E-state index in [9.17, 15) is 14.4 Å². The van der Waals surface area contributed by atoms with Crippen molar-refractivity contribution >= 4 is 64.8 Å². The Labute approximate surface area is 227 Å². The third-order valence-corrected chi connectivity index (χ3v) is 6.05. The fourth-order valence-electron chi connectivity index (χ4n) is 4.17. The molecule has 5 rings (SSSR count). The molecule has 10 nitrogen and oxygen atoms in total. The Hall–Kier alpha value is -4.47. The Morgan fingerprint density at radius 1 is 0.763 bits per heavy atom. The van der Waals surface area contributed by atoms with Crippen molar-refractivity contribution in [3.63, 3.8) is 0 Å². The first kappa shape index (κ1) is 26.6. The molecule has 2 aliphatic heterocycles. The van der Waals surface area contributed by atoms with Gasteiger partial charge >= 0.3 is 29.0 Å². The summed E-state index contributed by atoms with van der Waals surface area (Å²) in [7, 11) is 2.57. The minimum absolute atomic E-state index is 0. The van der Waals surface area contributed by atoms with Crippen molar-refractivity contribution < 1.29 is 45.7 Å². The standard InChI is InChI=1S/C27H21N4O6.Mn/c1-14-16-4-8-20(28-16)24(26(33)35-2)22-10-6-18(30-22)15(12-37-13-32)19-7-11-23(31-19)25(27(34)36-3)21-9-5-17(14)29-21;/h4-11,13H,12H2,1-3H3,(H-,28,29,30,31,33,34);/q-1;+3/p-1. The number of carbonyl (C=O) groups excluding carboxylic acids is 3. The molecule has 0 unspecified atom stereocenters. The van der Waals surface area contributed by atoms with E-state index >= 15 is 0 Å². The van der Waals surface area contributed by atoms with Gasteiger partial charge < -0.3 is 24.2 Å². The molecular weight excluding hydrogens is 531 g/mol. The zero-order valence-electron chi connectivity index (χ0n) is 20.5. The Morgan fingerprint density at radius 2 is 1.24 bits per heavy atom. The van der Waals surface area contributed by atoms with Crippen LogP contribution in [-0.4, -0.2) is 42.6 Å². The molecule has 0 aromatic carbocycles. The molecule has 0 spiro atoms. The number of hydrogen-bond acceptors (Lipinski definition) is 8. The average molecular weight is 551 g/mol. The number of hydrogen-bond donors (Lipinski definition) is 0. The number of carbonyl (C=O) groups is 3. The molecule has 0 atom stereocenters. The summed E-state index contributed by atoms with van der Waals surface area (Å²) in [6.45, 7) is 2.04. The van der Waals surface area contributed by atoms with E-state index in [1.54, 1.807) is 48.6 Å². The Balaban J connectivity index is 0.00000336. The topological polar surface area (TPSA) is 133 Å². The van der Waals surface area contributed by atoms with Crippen molar-refractivity contribution in [1.29, 1.82) is 0 Å². The quantitative estimate of drug-likeness (QED) is 0.138. The second-order valence-corrected chi connectivity index (χ2v) is 8.11. The summed E-state index contributed by atoms with van der Waals surface area (Å²) in [5.74, 6) is -1.20. The van der Waals surface area contributed by atoms with Gasteiger partial charge in [0.2, 0.25) is 0 Å². The first-order valence-corrected chi connectivity index (χ1v) is 11.2. The first-order chi connectivity index (χ1) is 17.9. The van der Waals surface area contributed by atoms with E-state index in [2.05, 4.69) is 19.9 Å². The van der Waals surface area contributed by atoms with Crippen molar-refractivity contribution in [2.45, 2.75) is 13.5 Å². The largest absolute Gasteiger partial charge is 3.00 e. The number of nitrogens with zero attached hydrogens (tertiary/aromatic N) is 4. The van der Waals surface area contributed by atoms with E-state index in [1.807, 2.05) is 6.92 Å². The van der Waals surface area contributed by atoms with Crippen molar-refractivity contribution in [3.8, 4) is 0 Å². The summed E-state index contributed by atoms with van der Waals surface area (Å²) in [6.07, 6.45) is 6.82. The first-order valence-electron chi connectivity index (χ1n) is 11.2. The predicted octanol–water partition coefficient (Wildman–Crippen LogP) is 3.47. The molecule has 0 saturated heterocycles. The molecule has 3 aromatic heterocycles. The van der Waals surface area contributed by atoms with Crippen LogP contribution in [-0.2, 0) is 42.7 Å². The van der Waals surface area contributed by atoms with Gasteiger partial charge in [0.25, 0.3) is 6.47 Å². The van der Waals surface area contributed by atoms with Crippen molar-refractivity contribution in [3.05, 3.63) is 69.3 Å². The number of aromatic nitrogens is 4. The zero-order chi connectivity index (χ0) is 26.1. The molecule has 8 bridgehead atoms. The van der Waals surface area contributed by atoms with Crippen molar-refractivity contribution in [2.75, 3.05) is 14.2 Å². The predicted molar refractivity (Wildman–Crippen MR) is 135 cm³/mol. The van der Waals surface area contributed by atoms with Gasteiger partial charge in [0, 0.05) is 5.56 Å². The molecule has 0 aliphatic carbocycles.